The van der Waals surface area contributed by atoms with Gasteiger partial charge in [-0.15, -0.1) is 24.0 Å². The molecule has 1 fully saturated rings. The molecule has 6 heteroatoms. The minimum Gasteiger partial charge on any atom is -0.357 e. The molecule has 130 valence electrons. The topological polar surface area (TPSA) is 65.5 Å². The normalized spacial score (nSPS) is 14.5. The predicted molar refractivity (Wildman–Crippen MR) is 104 cm³/mol. The second-order valence-corrected chi connectivity index (χ2v) is 6.17. The van der Waals surface area contributed by atoms with Crippen molar-refractivity contribution in [3.8, 4) is 0 Å². The third-order valence-corrected chi connectivity index (χ3v) is 3.37. The highest BCUT2D eigenvalue weighted by molar-refractivity contribution is 14.0. The molecule has 0 heterocycles. The maximum atomic E-state index is 11.5. The first kappa shape index (κ1) is 21.5. The SMILES string of the molecule is CCNC(=NCCCC(=O)NC1CC1)NCCCC(C)C.I. The average Bonchev–Trinajstić information content (AvgIpc) is 3.23. The quantitative estimate of drug-likeness (QED) is 0.219. The molecule has 0 spiro atoms. The van der Waals surface area contributed by atoms with Gasteiger partial charge in [0.05, 0.1) is 0 Å². The lowest BCUT2D eigenvalue weighted by Crippen LogP contribution is -2.38. The van der Waals surface area contributed by atoms with Crippen LogP contribution in [-0.2, 0) is 4.79 Å². The Balaban J connectivity index is 0.00000441. The second kappa shape index (κ2) is 13.0. The number of guanidine groups is 1. The molecule has 0 unspecified atom stereocenters. The number of hydrogen-bond donors (Lipinski definition) is 3. The molecule has 1 aliphatic carbocycles. The molecule has 0 saturated heterocycles. The van der Waals surface area contributed by atoms with Gasteiger partial charge in [0, 0.05) is 32.1 Å². The number of rotatable bonds is 10. The van der Waals surface area contributed by atoms with E-state index < -0.39 is 0 Å². The van der Waals surface area contributed by atoms with Gasteiger partial charge in [0.2, 0.25) is 5.91 Å². The van der Waals surface area contributed by atoms with E-state index in [1.807, 2.05) is 0 Å². The highest BCUT2D eigenvalue weighted by atomic mass is 127. The first-order valence-corrected chi connectivity index (χ1v) is 8.43. The lowest BCUT2D eigenvalue weighted by molar-refractivity contribution is -0.121. The van der Waals surface area contributed by atoms with Gasteiger partial charge in [0.1, 0.15) is 0 Å². The van der Waals surface area contributed by atoms with Gasteiger partial charge in [-0.2, -0.15) is 0 Å². The zero-order valence-electron chi connectivity index (χ0n) is 14.3. The first-order valence-electron chi connectivity index (χ1n) is 8.43. The van der Waals surface area contributed by atoms with Crippen LogP contribution in [-0.4, -0.2) is 37.5 Å². The van der Waals surface area contributed by atoms with Crippen LogP contribution in [0.15, 0.2) is 4.99 Å². The lowest BCUT2D eigenvalue weighted by Gasteiger charge is -2.12. The van der Waals surface area contributed by atoms with Crippen molar-refractivity contribution in [1.82, 2.24) is 16.0 Å². The molecule has 1 amide bonds. The minimum absolute atomic E-state index is 0. The molecule has 1 aliphatic rings. The lowest BCUT2D eigenvalue weighted by atomic mass is 10.1. The molecule has 22 heavy (non-hydrogen) atoms. The van der Waals surface area contributed by atoms with Gasteiger partial charge in [-0.1, -0.05) is 13.8 Å². The summed E-state index contributed by atoms with van der Waals surface area (Å²) in [6.45, 7) is 9.05. The smallest absolute Gasteiger partial charge is 0.220 e. The van der Waals surface area contributed by atoms with Crippen LogP contribution >= 0.6 is 24.0 Å². The van der Waals surface area contributed by atoms with E-state index in [1.54, 1.807) is 0 Å². The van der Waals surface area contributed by atoms with Gasteiger partial charge in [0.25, 0.3) is 0 Å². The molecule has 0 bridgehead atoms. The van der Waals surface area contributed by atoms with Gasteiger partial charge in [-0.25, -0.2) is 0 Å². The van der Waals surface area contributed by atoms with E-state index in [2.05, 4.69) is 41.7 Å². The van der Waals surface area contributed by atoms with Crippen LogP contribution in [0, 0.1) is 5.92 Å². The van der Waals surface area contributed by atoms with Crippen LogP contribution in [0.4, 0.5) is 0 Å². The van der Waals surface area contributed by atoms with E-state index >= 15 is 0 Å². The van der Waals surface area contributed by atoms with Gasteiger partial charge in [0.15, 0.2) is 5.96 Å². The number of aliphatic imine (C=N–C) groups is 1. The van der Waals surface area contributed by atoms with Gasteiger partial charge < -0.3 is 16.0 Å². The van der Waals surface area contributed by atoms with Crippen molar-refractivity contribution in [2.45, 2.75) is 65.3 Å². The molecule has 1 rings (SSSR count). The Hall–Kier alpha value is -0.530. The fraction of sp³-hybridized carbons (Fsp3) is 0.875. The Morgan fingerprint density at radius 1 is 1.23 bits per heavy atom. The number of amides is 1. The summed E-state index contributed by atoms with van der Waals surface area (Å²) in [5, 5.41) is 9.59. The summed E-state index contributed by atoms with van der Waals surface area (Å²) in [6.07, 6.45) is 6.07. The third kappa shape index (κ3) is 12.1. The summed E-state index contributed by atoms with van der Waals surface area (Å²) in [5.41, 5.74) is 0. The van der Waals surface area contributed by atoms with E-state index in [-0.39, 0.29) is 29.9 Å². The van der Waals surface area contributed by atoms with Crippen LogP contribution in [0.3, 0.4) is 0 Å². The van der Waals surface area contributed by atoms with Crippen molar-refractivity contribution in [3.63, 3.8) is 0 Å². The van der Waals surface area contributed by atoms with Crippen molar-refractivity contribution in [2.24, 2.45) is 10.9 Å². The molecule has 0 aromatic rings. The predicted octanol–water partition coefficient (Wildman–Crippen LogP) is 2.65. The monoisotopic (exact) mass is 424 g/mol. The summed E-state index contributed by atoms with van der Waals surface area (Å²) in [6, 6.07) is 0.459. The van der Waals surface area contributed by atoms with E-state index in [9.17, 15) is 4.79 Å². The van der Waals surface area contributed by atoms with E-state index in [0.717, 1.165) is 50.7 Å². The second-order valence-electron chi connectivity index (χ2n) is 6.17. The number of carbonyl (C=O) groups is 1. The van der Waals surface area contributed by atoms with Crippen molar-refractivity contribution >= 4 is 35.8 Å². The molecular weight excluding hydrogens is 391 g/mol. The van der Waals surface area contributed by atoms with Gasteiger partial charge in [-0.05, 0) is 44.9 Å². The molecule has 0 radical (unpaired) electrons. The number of nitrogens with one attached hydrogen (secondary N) is 3. The van der Waals surface area contributed by atoms with E-state index in [4.69, 9.17) is 0 Å². The van der Waals surface area contributed by atoms with Crippen LogP contribution < -0.4 is 16.0 Å². The van der Waals surface area contributed by atoms with E-state index in [0.29, 0.717) is 19.0 Å². The Bertz CT molecular complexity index is 330. The van der Waals surface area contributed by atoms with Crippen LogP contribution in [0.2, 0.25) is 0 Å². The van der Waals surface area contributed by atoms with Crippen molar-refractivity contribution < 1.29 is 4.79 Å². The van der Waals surface area contributed by atoms with Crippen LogP contribution in [0.5, 0.6) is 0 Å². The summed E-state index contributed by atoms with van der Waals surface area (Å²) in [4.78, 5) is 16.1. The zero-order chi connectivity index (χ0) is 15.5. The molecule has 3 N–H and O–H groups in total. The standard InChI is InChI=1S/C16H32N4O.HI/c1-4-17-16(18-11-5-7-13(2)3)19-12-6-8-15(21)20-14-9-10-14;/h13-14H,4-12H2,1-3H3,(H,20,21)(H2,17,18,19);1H. The minimum atomic E-state index is 0. The summed E-state index contributed by atoms with van der Waals surface area (Å²) < 4.78 is 0. The molecule has 5 nitrogen and oxygen atoms in total. The number of carbonyl (C=O) groups excluding carboxylic acids is 1. The maximum absolute atomic E-state index is 11.5. The summed E-state index contributed by atoms with van der Waals surface area (Å²) >= 11 is 0. The fourth-order valence-corrected chi connectivity index (χ4v) is 2.02. The Morgan fingerprint density at radius 3 is 2.55 bits per heavy atom. The maximum Gasteiger partial charge on any atom is 0.220 e. The highest BCUT2D eigenvalue weighted by Crippen LogP contribution is 2.18. The highest BCUT2D eigenvalue weighted by Gasteiger charge is 2.22. The molecule has 1 saturated carbocycles. The molecule has 0 atom stereocenters. The number of hydrogen-bond acceptors (Lipinski definition) is 2. The van der Waals surface area contributed by atoms with Crippen molar-refractivity contribution in [2.75, 3.05) is 19.6 Å². The van der Waals surface area contributed by atoms with E-state index in [1.165, 1.54) is 6.42 Å². The Morgan fingerprint density at radius 2 is 1.95 bits per heavy atom. The zero-order valence-corrected chi connectivity index (χ0v) is 16.6. The number of halogens is 1. The van der Waals surface area contributed by atoms with Gasteiger partial charge in [-0.3, -0.25) is 9.79 Å². The number of nitrogens with zero attached hydrogens (tertiary/aromatic N) is 1. The fourth-order valence-electron chi connectivity index (χ4n) is 2.02. The van der Waals surface area contributed by atoms with Crippen molar-refractivity contribution in [3.05, 3.63) is 0 Å². The van der Waals surface area contributed by atoms with Crippen LogP contribution in [0.1, 0.15) is 59.3 Å². The average molecular weight is 424 g/mol. The Labute approximate surface area is 152 Å². The molecule has 0 aromatic carbocycles. The third-order valence-electron chi connectivity index (χ3n) is 3.37. The van der Waals surface area contributed by atoms with Crippen molar-refractivity contribution in [1.29, 1.82) is 0 Å². The largest absolute Gasteiger partial charge is 0.357 e. The molecule has 0 aromatic heterocycles. The summed E-state index contributed by atoms with van der Waals surface area (Å²) in [7, 11) is 0. The van der Waals surface area contributed by atoms with Crippen LogP contribution in [0.25, 0.3) is 0 Å². The Kier molecular flexibility index (Phi) is 12.6. The first-order chi connectivity index (χ1) is 10.1. The molecule has 0 aliphatic heterocycles. The van der Waals surface area contributed by atoms with Gasteiger partial charge >= 0.3 is 0 Å². The molecular formula is C16H33IN4O. The summed E-state index contributed by atoms with van der Waals surface area (Å²) in [5.74, 6) is 1.78.